The number of aromatic nitrogens is 2. The molecule has 1 unspecified atom stereocenters. The van der Waals surface area contributed by atoms with Crippen LogP contribution in [0.25, 0.3) is 5.69 Å². The lowest BCUT2D eigenvalue weighted by molar-refractivity contribution is -0.145. The zero-order valence-electron chi connectivity index (χ0n) is 12.8. The number of para-hydroxylation sites is 1. The Kier molecular flexibility index (Phi) is 4.41. The summed E-state index contributed by atoms with van der Waals surface area (Å²) in [6, 6.07) is 9.69. The highest BCUT2D eigenvalue weighted by Gasteiger charge is 2.28. The monoisotopic (exact) mass is 313 g/mol. The Hall–Kier alpha value is -2.63. The van der Waals surface area contributed by atoms with Gasteiger partial charge in [0.2, 0.25) is 5.91 Å². The minimum atomic E-state index is -0.820. The van der Waals surface area contributed by atoms with Gasteiger partial charge < -0.3 is 10.0 Å². The molecular formula is C17H19N3O3. The lowest BCUT2D eigenvalue weighted by atomic mass is 9.98. The number of likely N-dealkylation sites (tertiary alicyclic amines) is 1. The van der Waals surface area contributed by atoms with E-state index < -0.39 is 11.9 Å². The van der Waals surface area contributed by atoms with Gasteiger partial charge in [0.15, 0.2) is 0 Å². The number of hydrogen-bond acceptors (Lipinski definition) is 3. The van der Waals surface area contributed by atoms with Gasteiger partial charge in [-0.15, -0.1) is 0 Å². The van der Waals surface area contributed by atoms with E-state index in [0.717, 1.165) is 17.7 Å². The van der Waals surface area contributed by atoms with Crippen LogP contribution in [0.3, 0.4) is 0 Å². The van der Waals surface area contributed by atoms with Crippen molar-refractivity contribution < 1.29 is 14.7 Å². The van der Waals surface area contributed by atoms with Crippen molar-refractivity contribution in [2.75, 3.05) is 13.1 Å². The van der Waals surface area contributed by atoms with Crippen molar-refractivity contribution in [3.63, 3.8) is 0 Å². The van der Waals surface area contributed by atoms with Crippen molar-refractivity contribution in [3.05, 3.63) is 48.3 Å². The molecule has 1 saturated heterocycles. The van der Waals surface area contributed by atoms with Crippen LogP contribution >= 0.6 is 0 Å². The molecule has 1 aromatic carbocycles. The molecule has 23 heavy (non-hydrogen) atoms. The predicted molar refractivity (Wildman–Crippen MR) is 84.2 cm³/mol. The SMILES string of the molecule is O=C(O)C1CCCN(C(=O)Cc2cnn(-c3ccccc3)c2)C1. The van der Waals surface area contributed by atoms with Crippen molar-refractivity contribution in [1.29, 1.82) is 0 Å². The Bertz CT molecular complexity index is 696. The van der Waals surface area contributed by atoms with Crippen molar-refractivity contribution in [1.82, 2.24) is 14.7 Å². The van der Waals surface area contributed by atoms with E-state index in [4.69, 9.17) is 5.11 Å². The first kappa shape index (κ1) is 15.3. The average molecular weight is 313 g/mol. The number of carbonyl (C=O) groups is 2. The molecule has 0 bridgehead atoms. The number of hydrogen-bond donors (Lipinski definition) is 1. The maximum Gasteiger partial charge on any atom is 0.308 e. The second kappa shape index (κ2) is 6.64. The van der Waals surface area contributed by atoms with E-state index in [1.807, 2.05) is 36.5 Å². The van der Waals surface area contributed by atoms with E-state index in [0.29, 0.717) is 19.5 Å². The number of amides is 1. The first-order valence-corrected chi connectivity index (χ1v) is 7.73. The maximum absolute atomic E-state index is 12.4. The molecule has 0 aliphatic carbocycles. The minimum absolute atomic E-state index is 0.0384. The molecule has 1 N–H and O–H groups in total. The van der Waals surface area contributed by atoms with Crippen molar-refractivity contribution >= 4 is 11.9 Å². The quantitative estimate of drug-likeness (QED) is 0.933. The molecule has 0 saturated carbocycles. The number of rotatable bonds is 4. The van der Waals surface area contributed by atoms with E-state index in [1.54, 1.807) is 15.8 Å². The first-order valence-electron chi connectivity index (χ1n) is 7.73. The van der Waals surface area contributed by atoms with Crippen molar-refractivity contribution in [3.8, 4) is 5.69 Å². The number of nitrogens with zero attached hydrogens (tertiary/aromatic N) is 3. The fourth-order valence-electron chi connectivity index (χ4n) is 2.86. The third kappa shape index (κ3) is 3.59. The van der Waals surface area contributed by atoms with Gasteiger partial charge in [-0.05, 0) is 30.5 Å². The Morgan fingerprint density at radius 3 is 2.78 bits per heavy atom. The van der Waals surface area contributed by atoms with Crippen molar-refractivity contribution in [2.45, 2.75) is 19.3 Å². The molecular weight excluding hydrogens is 294 g/mol. The van der Waals surface area contributed by atoms with E-state index >= 15 is 0 Å². The summed E-state index contributed by atoms with van der Waals surface area (Å²) in [7, 11) is 0. The van der Waals surface area contributed by atoms with Gasteiger partial charge in [-0.1, -0.05) is 18.2 Å². The molecule has 2 heterocycles. The van der Waals surface area contributed by atoms with E-state index in [2.05, 4.69) is 5.10 Å². The highest BCUT2D eigenvalue weighted by Crippen LogP contribution is 2.18. The van der Waals surface area contributed by atoms with Gasteiger partial charge in [-0.2, -0.15) is 5.10 Å². The second-order valence-electron chi connectivity index (χ2n) is 5.82. The molecule has 6 heteroatoms. The number of aliphatic carboxylic acids is 1. The molecule has 0 spiro atoms. The van der Waals surface area contributed by atoms with Gasteiger partial charge >= 0.3 is 5.97 Å². The predicted octanol–water partition coefficient (Wildman–Crippen LogP) is 1.74. The van der Waals surface area contributed by atoms with Crippen LogP contribution in [0.4, 0.5) is 0 Å². The Labute approximate surface area is 134 Å². The molecule has 6 nitrogen and oxygen atoms in total. The minimum Gasteiger partial charge on any atom is -0.481 e. The zero-order valence-corrected chi connectivity index (χ0v) is 12.8. The van der Waals surface area contributed by atoms with Crippen LogP contribution in [0, 0.1) is 5.92 Å². The number of benzene rings is 1. The van der Waals surface area contributed by atoms with Gasteiger partial charge in [-0.25, -0.2) is 4.68 Å². The Morgan fingerprint density at radius 2 is 2.04 bits per heavy atom. The van der Waals surface area contributed by atoms with Crippen molar-refractivity contribution in [2.24, 2.45) is 5.92 Å². The second-order valence-corrected chi connectivity index (χ2v) is 5.82. The third-order valence-electron chi connectivity index (χ3n) is 4.14. The summed E-state index contributed by atoms with van der Waals surface area (Å²) < 4.78 is 1.73. The lowest BCUT2D eigenvalue weighted by Crippen LogP contribution is -2.42. The smallest absolute Gasteiger partial charge is 0.308 e. The summed E-state index contributed by atoms with van der Waals surface area (Å²) in [6.45, 7) is 0.941. The number of carbonyl (C=O) groups excluding carboxylic acids is 1. The van der Waals surface area contributed by atoms with E-state index in [1.165, 1.54) is 0 Å². The van der Waals surface area contributed by atoms with Crippen LogP contribution in [-0.2, 0) is 16.0 Å². The summed E-state index contributed by atoms with van der Waals surface area (Å²) in [5.74, 6) is -1.30. The van der Waals surface area contributed by atoms with Gasteiger partial charge in [-0.3, -0.25) is 9.59 Å². The molecule has 1 atom stereocenters. The van der Waals surface area contributed by atoms with Crippen LogP contribution in [0.15, 0.2) is 42.7 Å². The van der Waals surface area contributed by atoms with Crippen LogP contribution in [0.1, 0.15) is 18.4 Å². The lowest BCUT2D eigenvalue weighted by Gasteiger charge is -2.30. The van der Waals surface area contributed by atoms with E-state index in [-0.39, 0.29) is 12.3 Å². The number of carboxylic acid groups (broad SMARTS) is 1. The van der Waals surface area contributed by atoms with Gasteiger partial charge in [0.25, 0.3) is 0 Å². The fraction of sp³-hybridized carbons (Fsp3) is 0.353. The number of piperidine rings is 1. The summed E-state index contributed by atoms with van der Waals surface area (Å²) in [6.07, 6.45) is 5.16. The van der Waals surface area contributed by atoms with Crippen LogP contribution in [0.2, 0.25) is 0 Å². The third-order valence-corrected chi connectivity index (χ3v) is 4.14. The summed E-state index contributed by atoms with van der Waals surface area (Å²) in [5, 5.41) is 13.4. The number of carboxylic acids is 1. The summed E-state index contributed by atoms with van der Waals surface area (Å²) in [5.41, 5.74) is 1.77. The fourth-order valence-corrected chi connectivity index (χ4v) is 2.86. The zero-order chi connectivity index (χ0) is 16.2. The summed E-state index contributed by atoms with van der Waals surface area (Å²) in [4.78, 5) is 25.1. The van der Waals surface area contributed by atoms with Gasteiger partial charge in [0.05, 0.1) is 24.2 Å². The topological polar surface area (TPSA) is 75.4 Å². The molecule has 1 fully saturated rings. The highest BCUT2D eigenvalue weighted by molar-refractivity contribution is 5.80. The van der Waals surface area contributed by atoms with Crippen LogP contribution in [0.5, 0.6) is 0 Å². The average Bonchev–Trinajstić information content (AvgIpc) is 3.04. The Balaban J connectivity index is 1.64. The molecule has 1 aliphatic heterocycles. The molecule has 1 aliphatic rings. The summed E-state index contributed by atoms with van der Waals surface area (Å²) >= 11 is 0. The maximum atomic E-state index is 12.4. The van der Waals surface area contributed by atoms with Gasteiger partial charge in [0, 0.05) is 19.3 Å². The van der Waals surface area contributed by atoms with Crippen LogP contribution < -0.4 is 0 Å². The molecule has 1 aromatic heterocycles. The molecule has 2 aromatic rings. The molecule has 3 rings (SSSR count). The molecule has 120 valence electrons. The van der Waals surface area contributed by atoms with Gasteiger partial charge in [0.1, 0.15) is 0 Å². The standard InChI is InChI=1S/C17H19N3O3/c21-16(19-8-4-5-14(12-19)17(22)23)9-13-10-18-20(11-13)15-6-2-1-3-7-15/h1-3,6-7,10-11,14H,4-5,8-9,12H2,(H,22,23). The van der Waals surface area contributed by atoms with Crippen LogP contribution in [-0.4, -0.2) is 44.8 Å². The highest BCUT2D eigenvalue weighted by atomic mass is 16.4. The normalized spacial score (nSPS) is 17.9. The molecule has 0 radical (unpaired) electrons. The largest absolute Gasteiger partial charge is 0.481 e. The Morgan fingerprint density at radius 1 is 1.26 bits per heavy atom. The van der Waals surface area contributed by atoms with E-state index in [9.17, 15) is 9.59 Å². The first-order chi connectivity index (χ1) is 11.1. The molecule has 1 amide bonds.